The smallest absolute Gasteiger partial charge is 0.126 e. The zero-order chi connectivity index (χ0) is 12.6. The van der Waals surface area contributed by atoms with Crippen molar-refractivity contribution < 1.29 is 9.47 Å². The number of pyridine rings is 1. The molecule has 4 nitrogen and oxygen atoms in total. The van der Waals surface area contributed by atoms with E-state index in [9.17, 15) is 0 Å². The van der Waals surface area contributed by atoms with E-state index in [1.807, 2.05) is 12.3 Å². The molecule has 1 fully saturated rings. The largest absolute Gasteiger partial charge is 0.491 e. The summed E-state index contributed by atoms with van der Waals surface area (Å²) in [5.74, 6) is 0.915. The summed E-state index contributed by atoms with van der Waals surface area (Å²) in [7, 11) is 0. The fraction of sp³-hybridized carbons (Fsp3) is 0.643. The fourth-order valence-corrected chi connectivity index (χ4v) is 1.69. The topological polar surface area (TPSA) is 43.4 Å². The molecular weight excluding hydrogens is 228 g/mol. The number of hydrogen-bond donors (Lipinski definition) is 1. The Kier molecular flexibility index (Phi) is 5.42. The van der Waals surface area contributed by atoms with Crippen molar-refractivity contribution >= 4 is 0 Å². The standard InChI is InChI=1S/C14H22N2O2/c1-2-7-17-8-9-18-14-5-6-15-10-12(14)11-16-13-3-4-13/h5-6,10,13,16H,2-4,7-9,11H2,1H3. The van der Waals surface area contributed by atoms with Crippen LogP contribution in [0.5, 0.6) is 5.75 Å². The molecule has 1 heterocycles. The van der Waals surface area contributed by atoms with E-state index in [2.05, 4.69) is 17.2 Å². The molecule has 0 amide bonds. The molecule has 1 aliphatic rings. The van der Waals surface area contributed by atoms with E-state index in [4.69, 9.17) is 9.47 Å². The van der Waals surface area contributed by atoms with Gasteiger partial charge in [-0.3, -0.25) is 4.98 Å². The highest BCUT2D eigenvalue weighted by Gasteiger charge is 2.20. The van der Waals surface area contributed by atoms with Gasteiger partial charge in [0.1, 0.15) is 12.4 Å². The minimum Gasteiger partial charge on any atom is -0.491 e. The van der Waals surface area contributed by atoms with Gasteiger partial charge in [-0.2, -0.15) is 0 Å². The Balaban J connectivity index is 1.74. The van der Waals surface area contributed by atoms with Crippen LogP contribution in [0.25, 0.3) is 0 Å². The number of ether oxygens (including phenoxy) is 2. The summed E-state index contributed by atoms with van der Waals surface area (Å²) in [6.07, 6.45) is 7.27. The van der Waals surface area contributed by atoms with Gasteiger partial charge >= 0.3 is 0 Å². The first-order valence-electron chi connectivity index (χ1n) is 6.77. The van der Waals surface area contributed by atoms with Gasteiger partial charge in [0.2, 0.25) is 0 Å². The van der Waals surface area contributed by atoms with Crippen LogP contribution in [0, 0.1) is 0 Å². The lowest BCUT2D eigenvalue weighted by Gasteiger charge is -2.11. The molecule has 0 saturated heterocycles. The van der Waals surface area contributed by atoms with Crippen LogP contribution < -0.4 is 10.1 Å². The second-order valence-corrected chi connectivity index (χ2v) is 4.60. The molecule has 0 spiro atoms. The second kappa shape index (κ2) is 7.34. The molecule has 0 radical (unpaired) electrons. The predicted molar refractivity (Wildman–Crippen MR) is 70.7 cm³/mol. The summed E-state index contributed by atoms with van der Waals surface area (Å²) in [5, 5.41) is 3.47. The minimum atomic E-state index is 0.598. The third kappa shape index (κ3) is 4.63. The number of rotatable bonds is 9. The van der Waals surface area contributed by atoms with Gasteiger partial charge in [0.15, 0.2) is 0 Å². The number of nitrogens with zero attached hydrogens (tertiary/aromatic N) is 1. The van der Waals surface area contributed by atoms with E-state index >= 15 is 0 Å². The van der Waals surface area contributed by atoms with Crippen molar-refractivity contribution in [2.24, 2.45) is 0 Å². The first kappa shape index (κ1) is 13.3. The lowest BCUT2D eigenvalue weighted by molar-refractivity contribution is 0.100. The quantitative estimate of drug-likeness (QED) is 0.682. The van der Waals surface area contributed by atoms with Gasteiger partial charge in [-0.15, -0.1) is 0 Å². The van der Waals surface area contributed by atoms with Gasteiger partial charge in [-0.1, -0.05) is 6.92 Å². The molecule has 1 aliphatic carbocycles. The van der Waals surface area contributed by atoms with E-state index < -0.39 is 0 Å². The maximum Gasteiger partial charge on any atom is 0.126 e. The summed E-state index contributed by atoms with van der Waals surface area (Å²) in [6.45, 7) is 4.98. The Labute approximate surface area is 109 Å². The zero-order valence-electron chi connectivity index (χ0n) is 11.0. The molecule has 18 heavy (non-hydrogen) atoms. The van der Waals surface area contributed by atoms with Gasteiger partial charge in [0.05, 0.1) is 6.61 Å². The Bertz CT molecular complexity index is 353. The molecule has 2 rings (SSSR count). The van der Waals surface area contributed by atoms with Gasteiger partial charge in [-0.05, 0) is 25.3 Å². The van der Waals surface area contributed by atoms with Crippen molar-refractivity contribution in [3.8, 4) is 5.75 Å². The van der Waals surface area contributed by atoms with Crippen molar-refractivity contribution in [1.82, 2.24) is 10.3 Å². The first-order valence-corrected chi connectivity index (χ1v) is 6.77. The Morgan fingerprint density at radius 2 is 2.22 bits per heavy atom. The maximum absolute atomic E-state index is 5.73. The molecule has 1 aromatic rings. The van der Waals surface area contributed by atoms with Crippen molar-refractivity contribution in [1.29, 1.82) is 0 Å². The van der Waals surface area contributed by atoms with Gasteiger partial charge in [0.25, 0.3) is 0 Å². The zero-order valence-corrected chi connectivity index (χ0v) is 11.0. The van der Waals surface area contributed by atoms with Crippen LogP contribution in [0.3, 0.4) is 0 Å². The molecule has 1 aromatic heterocycles. The molecule has 1 N–H and O–H groups in total. The summed E-state index contributed by atoms with van der Waals surface area (Å²) in [5.41, 5.74) is 1.12. The van der Waals surface area contributed by atoms with Crippen molar-refractivity contribution in [2.75, 3.05) is 19.8 Å². The highest BCUT2D eigenvalue weighted by Crippen LogP contribution is 2.21. The average Bonchev–Trinajstić information content (AvgIpc) is 3.21. The van der Waals surface area contributed by atoms with Crippen LogP contribution in [-0.4, -0.2) is 30.8 Å². The first-order chi connectivity index (χ1) is 8.90. The summed E-state index contributed by atoms with van der Waals surface area (Å²) in [4.78, 5) is 4.15. The minimum absolute atomic E-state index is 0.598. The molecule has 0 aromatic carbocycles. The van der Waals surface area contributed by atoms with Crippen molar-refractivity contribution in [2.45, 2.75) is 38.8 Å². The fourth-order valence-electron chi connectivity index (χ4n) is 1.69. The molecule has 4 heteroatoms. The Hall–Kier alpha value is -1.13. The lowest BCUT2D eigenvalue weighted by Crippen LogP contribution is -2.17. The molecule has 1 saturated carbocycles. The van der Waals surface area contributed by atoms with E-state index in [1.165, 1.54) is 12.8 Å². The molecule has 0 unspecified atom stereocenters. The number of hydrogen-bond acceptors (Lipinski definition) is 4. The maximum atomic E-state index is 5.73. The van der Waals surface area contributed by atoms with Crippen LogP contribution in [0.15, 0.2) is 18.5 Å². The van der Waals surface area contributed by atoms with Crippen molar-refractivity contribution in [3.63, 3.8) is 0 Å². The van der Waals surface area contributed by atoms with Crippen LogP contribution in [0.2, 0.25) is 0 Å². The van der Waals surface area contributed by atoms with Gasteiger partial charge in [-0.25, -0.2) is 0 Å². The average molecular weight is 250 g/mol. The number of aromatic nitrogens is 1. The SMILES string of the molecule is CCCOCCOc1ccncc1CNC1CC1. The normalized spacial score (nSPS) is 14.7. The highest BCUT2D eigenvalue weighted by atomic mass is 16.5. The summed E-state index contributed by atoms with van der Waals surface area (Å²) < 4.78 is 11.1. The van der Waals surface area contributed by atoms with E-state index in [0.717, 1.165) is 30.9 Å². The second-order valence-electron chi connectivity index (χ2n) is 4.60. The van der Waals surface area contributed by atoms with E-state index in [1.54, 1.807) is 6.20 Å². The number of nitrogens with one attached hydrogen (secondary N) is 1. The molecule has 0 bridgehead atoms. The molecule has 0 aliphatic heterocycles. The van der Waals surface area contributed by atoms with Crippen LogP contribution in [-0.2, 0) is 11.3 Å². The van der Waals surface area contributed by atoms with Crippen LogP contribution >= 0.6 is 0 Å². The molecular formula is C14H22N2O2. The molecule has 0 atom stereocenters. The monoisotopic (exact) mass is 250 g/mol. The van der Waals surface area contributed by atoms with E-state index in [0.29, 0.717) is 19.3 Å². The Morgan fingerprint density at radius 3 is 3.00 bits per heavy atom. The summed E-state index contributed by atoms with van der Waals surface area (Å²) >= 11 is 0. The van der Waals surface area contributed by atoms with E-state index in [-0.39, 0.29) is 0 Å². The summed E-state index contributed by atoms with van der Waals surface area (Å²) in [6, 6.07) is 2.62. The third-order valence-corrected chi connectivity index (χ3v) is 2.85. The highest BCUT2D eigenvalue weighted by molar-refractivity contribution is 5.30. The van der Waals surface area contributed by atoms with Crippen LogP contribution in [0.1, 0.15) is 31.7 Å². The van der Waals surface area contributed by atoms with Gasteiger partial charge in [0, 0.05) is 37.2 Å². The van der Waals surface area contributed by atoms with Gasteiger partial charge < -0.3 is 14.8 Å². The lowest BCUT2D eigenvalue weighted by atomic mass is 10.2. The Morgan fingerprint density at radius 1 is 1.33 bits per heavy atom. The predicted octanol–water partition coefficient (Wildman–Crippen LogP) is 2.14. The molecule has 100 valence electrons. The third-order valence-electron chi connectivity index (χ3n) is 2.85. The van der Waals surface area contributed by atoms with Crippen molar-refractivity contribution in [3.05, 3.63) is 24.0 Å². The van der Waals surface area contributed by atoms with Crippen LogP contribution in [0.4, 0.5) is 0 Å².